The Bertz CT molecular complexity index is 537. The molecule has 1 saturated heterocycles. The zero-order chi connectivity index (χ0) is 15.0. The molecule has 0 unspecified atom stereocenters. The molecule has 2 bridgehead atoms. The van der Waals surface area contributed by atoms with Gasteiger partial charge < -0.3 is 14.6 Å². The summed E-state index contributed by atoms with van der Waals surface area (Å²) >= 11 is 0. The molecular formula is C17H22O4. The second kappa shape index (κ2) is 4.06. The van der Waals surface area contributed by atoms with Crippen molar-refractivity contribution < 1.29 is 19.4 Å². The first-order valence-corrected chi connectivity index (χ1v) is 7.78. The molecule has 0 spiro atoms. The van der Waals surface area contributed by atoms with E-state index in [9.17, 15) is 9.90 Å². The third kappa shape index (κ3) is 1.58. The number of fused-ring (bicyclic) bond motifs is 6. The lowest BCUT2D eigenvalue weighted by molar-refractivity contribution is -0.196. The van der Waals surface area contributed by atoms with Gasteiger partial charge in [0.25, 0.3) is 0 Å². The van der Waals surface area contributed by atoms with E-state index in [-0.39, 0.29) is 29.5 Å². The van der Waals surface area contributed by atoms with Crippen molar-refractivity contribution in [1.82, 2.24) is 0 Å². The lowest BCUT2D eigenvalue weighted by atomic mass is 9.62. The average molecular weight is 290 g/mol. The van der Waals surface area contributed by atoms with Gasteiger partial charge in [-0.3, -0.25) is 4.79 Å². The molecule has 0 amide bonds. The number of rotatable bonds is 2. The van der Waals surface area contributed by atoms with E-state index < -0.39 is 23.6 Å². The van der Waals surface area contributed by atoms with Crippen molar-refractivity contribution in [2.75, 3.05) is 0 Å². The topological polar surface area (TPSA) is 55.8 Å². The van der Waals surface area contributed by atoms with Gasteiger partial charge in [0.05, 0.1) is 6.10 Å². The van der Waals surface area contributed by atoms with Crippen LogP contribution in [0.3, 0.4) is 0 Å². The SMILES string of the molecule is C=CC[C@@]12OC(C)(C)O[C@@H]1C(=O)[C@@H]1[C@@H]([C@@H]3C=C[C@H]1C3)[C@H]2O. The fourth-order valence-electron chi connectivity index (χ4n) is 5.12. The first-order valence-electron chi connectivity index (χ1n) is 7.78. The van der Waals surface area contributed by atoms with Crippen molar-refractivity contribution in [2.24, 2.45) is 23.7 Å². The Labute approximate surface area is 124 Å². The van der Waals surface area contributed by atoms with Crippen LogP contribution in [0.2, 0.25) is 0 Å². The first-order chi connectivity index (χ1) is 9.89. The number of hydrogen-bond donors (Lipinski definition) is 1. The molecule has 2 saturated carbocycles. The largest absolute Gasteiger partial charge is 0.390 e. The van der Waals surface area contributed by atoms with Gasteiger partial charge in [-0.1, -0.05) is 18.2 Å². The number of aliphatic hydroxyl groups is 1. The van der Waals surface area contributed by atoms with Gasteiger partial charge in [0, 0.05) is 11.8 Å². The van der Waals surface area contributed by atoms with E-state index in [2.05, 4.69) is 18.7 Å². The van der Waals surface area contributed by atoms with Gasteiger partial charge in [0.15, 0.2) is 17.7 Å². The Morgan fingerprint density at radius 3 is 2.86 bits per heavy atom. The summed E-state index contributed by atoms with van der Waals surface area (Å²) in [5.41, 5.74) is -0.970. The van der Waals surface area contributed by atoms with Crippen LogP contribution in [0.5, 0.6) is 0 Å². The summed E-state index contributed by atoms with van der Waals surface area (Å²) in [7, 11) is 0. The Balaban J connectivity index is 1.81. The molecule has 1 N–H and O–H groups in total. The number of carbonyl (C=O) groups is 1. The zero-order valence-electron chi connectivity index (χ0n) is 12.5. The van der Waals surface area contributed by atoms with E-state index in [0.29, 0.717) is 6.42 Å². The van der Waals surface area contributed by atoms with Crippen molar-refractivity contribution in [1.29, 1.82) is 0 Å². The molecular weight excluding hydrogens is 268 g/mol. The van der Waals surface area contributed by atoms with E-state index in [0.717, 1.165) is 6.42 Å². The lowest BCUT2D eigenvalue weighted by Crippen LogP contribution is -2.64. The third-order valence-corrected chi connectivity index (χ3v) is 5.72. The smallest absolute Gasteiger partial charge is 0.168 e. The maximum absolute atomic E-state index is 13.0. The molecule has 4 heteroatoms. The molecule has 0 aromatic rings. The Morgan fingerprint density at radius 2 is 2.14 bits per heavy atom. The summed E-state index contributed by atoms with van der Waals surface area (Å²) in [4.78, 5) is 13.0. The average Bonchev–Trinajstić information content (AvgIpc) is 3.07. The molecule has 4 nitrogen and oxygen atoms in total. The Kier molecular flexibility index (Phi) is 2.64. The Morgan fingerprint density at radius 1 is 1.43 bits per heavy atom. The van der Waals surface area contributed by atoms with Crippen LogP contribution in [0, 0.1) is 23.7 Å². The van der Waals surface area contributed by atoms with Gasteiger partial charge in [0.1, 0.15) is 5.60 Å². The zero-order valence-corrected chi connectivity index (χ0v) is 12.5. The minimum atomic E-state index is -0.970. The summed E-state index contributed by atoms with van der Waals surface area (Å²) in [5, 5.41) is 11.1. The summed E-state index contributed by atoms with van der Waals surface area (Å²) < 4.78 is 12.0. The predicted octanol–water partition coefficient (Wildman–Crippen LogP) is 1.83. The second-order valence-corrected chi connectivity index (χ2v) is 7.35. The molecule has 7 atom stereocenters. The van der Waals surface area contributed by atoms with Gasteiger partial charge in [0.2, 0.25) is 0 Å². The van der Waals surface area contributed by atoms with Crippen LogP contribution >= 0.6 is 0 Å². The number of Topliss-reactive ketones (excluding diaryl/α,β-unsaturated/α-hetero) is 1. The van der Waals surface area contributed by atoms with Crippen LogP contribution in [-0.4, -0.2) is 34.5 Å². The van der Waals surface area contributed by atoms with Crippen LogP contribution in [0.15, 0.2) is 24.8 Å². The summed E-state index contributed by atoms with van der Waals surface area (Å²) in [6.07, 6.45) is 6.04. The highest BCUT2D eigenvalue weighted by atomic mass is 16.8. The summed E-state index contributed by atoms with van der Waals surface area (Å²) in [5.74, 6) is -0.355. The van der Waals surface area contributed by atoms with Gasteiger partial charge >= 0.3 is 0 Å². The standard InChI is InChI=1S/C17H22O4/c1-4-7-17-14(19)12-10-6-5-9(8-10)11(12)13(18)15(17)20-16(2,3)21-17/h4-6,9-12,14-15,19H,1,7-8H2,2-3H3/t9-,10+,11-,12+,14+,15+,17-/m0/s1. The molecule has 4 rings (SSSR count). The van der Waals surface area contributed by atoms with Crippen LogP contribution in [0.4, 0.5) is 0 Å². The van der Waals surface area contributed by atoms with E-state index in [1.165, 1.54) is 0 Å². The fourth-order valence-corrected chi connectivity index (χ4v) is 5.12. The van der Waals surface area contributed by atoms with Gasteiger partial charge in [-0.25, -0.2) is 0 Å². The monoisotopic (exact) mass is 290 g/mol. The number of aliphatic hydroxyl groups excluding tert-OH is 1. The molecule has 0 aromatic carbocycles. The number of ether oxygens (including phenoxy) is 2. The first kappa shape index (κ1) is 13.7. The second-order valence-electron chi connectivity index (χ2n) is 7.35. The number of hydrogen-bond acceptors (Lipinski definition) is 4. The number of ketones is 1. The van der Waals surface area contributed by atoms with E-state index in [1.807, 2.05) is 0 Å². The number of carbonyl (C=O) groups excluding carboxylic acids is 1. The van der Waals surface area contributed by atoms with E-state index in [4.69, 9.17) is 9.47 Å². The van der Waals surface area contributed by atoms with Crippen molar-refractivity contribution >= 4 is 5.78 Å². The minimum Gasteiger partial charge on any atom is -0.390 e. The number of allylic oxidation sites excluding steroid dienone is 2. The Hall–Kier alpha value is -0.970. The fraction of sp³-hybridized carbons (Fsp3) is 0.706. The predicted molar refractivity (Wildman–Crippen MR) is 76.3 cm³/mol. The van der Waals surface area contributed by atoms with Crippen molar-refractivity contribution in [3.05, 3.63) is 24.8 Å². The minimum absolute atomic E-state index is 0.0406. The molecule has 3 fully saturated rings. The van der Waals surface area contributed by atoms with Crippen molar-refractivity contribution in [3.8, 4) is 0 Å². The highest BCUT2D eigenvalue weighted by Crippen LogP contribution is 2.59. The maximum Gasteiger partial charge on any atom is 0.168 e. The van der Waals surface area contributed by atoms with Gasteiger partial charge in [-0.05, 0) is 38.5 Å². The molecule has 0 aromatic heterocycles. The van der Waals surface area contributed by atoms with Crippen LogP contribution < -0.4 is 0 Å². The van der Waals surface area contributed by atoms with E-state index >= 15 is 0 Å². The molecule has 21 heavy (non-hydrogen) atoms. The quantitative estimate of drug-likeness (QED) is 0.788. The normalized spacial score (nSPS) is 52.8. The van der Waals surface area contributed by atoms with Crippen LogP contribution in [-0.2, 0) is 14.3 Å². The third-order valence-electron chi connectivity index (χ3n) is 5.72. The molecule has 0 radical (unpaired) electrons. The van der Waals surface area contributed by atoms with Crippen molar-refractivity contribution in [3.63, 3.8) is 0 Å². The van der Waals surface area contributed by atoms with Gasteiger partial charge in [-0.2, -0.15) is 0 Å². The van der Waals surface area contributed by atoms with E-state index in [1.54, 1.807) is 19.9 Å². The highest BCUT2D eigenvalue weighted by Gasteiger charge is 2.69. The molecule has 4 aliphatic rings. The highest BCUT2D eigenvalue weighted by molar-refractivity contribution is 5.90. The maximum atomic E-state index is 13.0. The van der Waals surface area contributed by atoms with Crippen LogP contribution in [0.1, 0.15) is 26.7 Å². The summed E-state index contributed by atoms with van der Waals surface area (Å²) in [6.45, 7) is 7.39. The summed E-state index contributed by atoms with van der Waals surface area (Å²) in [6, 6.07) is 0. The molecule has 3 aliphatic carbocycles. The van der Waals surface area contributed by atoms with Crippen molar-refractivity contribution in [2.45, 2.75) is 50.3 Å². The van der Waals surface area contributed by atoms with Gasteiger partial charge in [-0.15, -0.1) is 6.58 Å². The van der Waals surface area contributed by atoms with Crippen LogP contribution in [0.25, 0.3) is 0 Å². The lowest BCUT2D eigenvalue weighted by Gasteiger charge is -2.47. The molecule has 1 heterocycles. The molecule has 114 valence electrons. The molecule has 1 aliphatic heterocycles.